The van der Waals surface area contributed by atoms with E-state index in [9.17, 15) is 4.39 Å². The summed E-state index contributed by atoms with van der Waals surface area (Å²) in [5, 5.41) is 7.09. The van der Waals surface area contributed by atoms with Crippen molar-refractivity contribution in [1.29, 1.82) is 0 Å². The Kier molecular flexibility index (Phi) is 8.16. The van der Waals surface area contributed by atoms with Crippen molar-refractivity contribution in [3.05, 3.63) is 35.6 Å². The number of likely N-dealkylation sites (tertiary alicyclic amines) is 1. The third-order valence-corrected chi connectivity index (χ3v) is 6.89. The molecule has 2 unspecified atom stereocenters. The molecule has 0 radical (unpaired) electrons. The Balaban J connectivity index is 1.42. The van der Waals surface area contributed by atoms with Crippen LogP contribution in [-0.4, -0.2) is 80.3 Å². The number of aliphatic imine (C=N–C) groups is 1. The molecule has 1 aliphatic carbocycles. The van der Waals surface area contributed by atoms with Gasteiger partial charge in [-0.25, -0.2) is 4.39 Å². The highest BCUT2D eigenvalue weighted by Gasteiger charge is 2.30. The number of nitrogens with zero attached hydrogens (tertiary/aromatic N) is 3. The van der Waals surface area contributed by atoms with E-state index < -0.39 is 0 Å². The molecule has 1 aromatic carbocycles. The molecule has 31 heavy (non-hydrogen) atoms. The number of ether oxygens (including phenoxy) is 1. The first-order valence-corrected chi connectivity index (χ1v) is 12.1. The van der Waals surface area contributed by atoms with Crippen molar-refractivity contribution in [1.82, 2.24) is 20.4 Å². The van der Waals surface area contributed by atoms with E-state index in [4.69, 9.17) is 9.73 Å². The first kappa shape index (κ1) is 22.5. The second-order valence-corrected chi connectivity index (χ2v) is 9.00. The Hall–Kier alpha value is -1.70. The molecule has 6 nitrogen and oxygen atoms in total. The monoisotopic (exact) mass is 431 g/mol. The normalized spacial score (nSPS) is 25.1. The molecule has 3 aliphatic rings. The molecular formula is C24H38FN5O. The van der Waals surface area contributed by atoms with Gasteiger partial charge in [-0.15, -0.1) is 0 Å². The van der Waals surface area contributed by atoms with E-state index in [-0.39, 0.29) is 11.9 Å². The molecule has 1 aromatic rings. The molecule has 2 saturated heterocycles. The number of hydrogen-bond donors (Lipinski definition) is 2. The largest absolute Gasteiger partial charge is 0.379 e. The molecule has 3 fully saturated rings. The van der Waals surface area contributed by atoms with Crippen LogP contribution in [-0.2, 0) is 4.74 Å². The van der Waals surface area contributed by atoms with E-state index in [0.717, 1.165) is 50.2 Å². The Bertz CT molecular complexity index is 718. The third kappa shape index (κ3) is 6.18. The van der Waals surface area contributed by atoms with Crippen molar-refractivity contribution in [2.24, 2.45) is 4.99 Å². The van der Waals surface area contributed by atoms with E-state index in [0.29, 0.717) is 25.8 Å². The van der Waals surface area contributed by atoms with E-state index in [1.807, 2.05) is 6.07 Å². The minimum atomic E-state index is -0.192. The van der Waals surface area contributed by atoms with Crippen molar-refractivity contribution < 1.29 is 9.13 Å². The van der Waals surface area contributed by atoms with Gasteiger partial charge in [0.1, 0.15) is 5.82 Å². The summed E-state index contributed by atoms with van der Waals surface area (Å²) in [5.74, 6) is 0.679. The average Bonchev–Trinajstić information content (AvgIpc) is 3.47. The number of benzene rings is 1. The fourth-order valence-corrected chi connectivity index (χ4v) is 5.23. The van der Waals surface area contributed by atoms with Crippen LogP contribution < -0.4 is 10.6 Å². The first-order valence-electron chi connectivity index (χ1n) is 12.1. The standard InChI is InChI=1S/C24H38FN5O/c1-2-26-24(28-21-10-11-30(18-21)22-8-3-4-9-22)27-17-23(29-12-14-31-15-13-29)19-6-5-7-20(25)16-19/h5-7,16,21-23H,2-4,8-15,17-18H2,1H3,(H2,26,27,28). The molecule has 2 atom stereocenters. The minimum absolute atomic E-state index is 0.0496. The van der Waals surface area contributed by atoms with Crippen molar-refractivity contribution in [2.45, 2.75) is 57.2 Å². The van der Waals surface area contributed by atoms with E-state index in [1.165, 1.54) is 38.3 Å². The van der Waals surface area contributed by atoms with E-state index in [1.54, 1.807) is 12.1 Å². The van der Waals surface area contributed by atoms with Gasteiger partial charge in [-0.2, -0.15) is 0 Å². The lowest BCUT2D eigenvalue weighted by molar-refractivity contribution is 0.0179. The SMILES string of the molecule is CCNC(=NCC(c1cccc(F)c1)N1CCOCC1)NC1CCN(C2CCCC2)C1. The Labute approximate surface area is 186 Å². The van der Waals surface area contributed by atoms with Gasteiger partial charge in [-0.3, -0.25) is 14.8 Å². The number of nitrogens with one attached hydrogen (secondary N) is 2. The van der Waals surface area contributed by atoms with Crippen LogP contribution >= 0.6 is 0 Å². The van der Waals surface area contributed by atoms with Crippen LogP contribution in [0.3, 0.4) is 0 Å². The van der Waals surface area contributed by atoms with Gasteiger partial charge in [-0.1, -0.05) is 25.0 Å². The fourth-order valence-electron chi connectivity index (χ4n) is 5.23. The van der Waals surface area contributed by atoms with E-state index >= 15 is 0 Å². The Morgan fingerprint density at radius 3 is 2.74 bits per heavy atom. The van der Waals surface area contributed by atoms with Crippen LogP contribution in [0, 0.1) is 5.82 Å². The summed E-state index contributed by atoms with van der Waals surface area (Å²) in [6.07, 6.45) is 6.64. The summed E-state index contributed by atoms with van der Waals surface area (Å²) in [5.41, 5.74) is 0.981. The van der Waals surface area contributed by atoms with Crippen molar-refractivity contribution in [3.63, 3.8) is 0 Å². The quantitative estimate of drug-likeness (QED) is 0.514. The summed E-state index contributed by atoms with van der Waals surface area (Å²) < 4.78 is 19.5. The van der Waals surface area contributed by atoms with Crippen LogP contribution in [0.5, 0.6) is 0 Å². The third-order valence-electron chi connectivity index (χ3n) is 6.89. The smallest absolute Gasteiger partial charge is 0.191 e. The zero-order chi connectivity index (χ0) is 21.5. The summed E-state index contributed by atoms with van der Waals surface area (Å²) in [6, 6.07) is 8.22. The average molecular weight is 432 g/mol. The molecule has 2 aliphatic heterocycles. The van der Waals surface area contributed by atoms with Crippen molar-refractivity contribution in [3.8, 4) is 0 Å². The molecule has 4 rings (SSSR count). The maximum absolute atomic E-state index is 13.9. The molecule has 2 heterocycles. The van der Waals surface area contributed by atoms with Gasteiger partial charge in [0, 0.05) is 44.8 Å². The van der Waals surface area contributed by atoms with Crippen molar-refractivity contribution in [2.75, 3.05) is 52.5 Å². The molecule has 0 amide bonds. The van der Waals surface area contributed by atoms with Crippen LogP contribution in [0.1, 0.15) is 50.6 Å². The van der Waals surface area contributed by atoms with Crippen LogP contribution in [0.15, 0.2) is 29.3 Å². The highest BCUT2D eigenvalue weighted by atomic mass is 19.1. The highest BCUT2D eigenvalue weighted by molar-refractivity contribution is 5.80. The molecule has 0 spiro atoms. The molecule has 7 heteroatoms. The Morgan fingerprint density at radius 1 is 1.19 bits per heavy atom. The van der Waals surface area contributed by atoms with Gasteiger partial charge in [0.2, 0.25) is 0 Å². The Morgan fingerprint density at radius 2 is 2.00 bits per heavy atom. The molecule has 1 saturated carbocycles. The molecule has 2 N–H and O–H groups in total. The predicted octanol–water partition coefficient (Wildman–Crippen LogP) is 2.77. The molecule has 172 valence electrons. The maximum Gasteiger partial charge on any atom is 0.191 e. The second kappa shape index (κ2) is 11.2. The van der Waals surface area contributed by atoms with Crippen LogP contribution in [0.4, 0.5) is 4.39 Å². The number of halogens is 1. The van der Waals surface area contributed by atoms with Gasteiger partial charge in [0.15, 0.2) is 5.96 Å². The predicted molar refractivity (Wildman–Crippen MR) is 123 cm³/mol. The van der Waals surface area contributed by atoms with Crippen LogP contribution in [0.25, 0.3) is 0 Å². The lowest BCUT2D eigenvalue weighted by atomic mass is 10.0. The second-order valence-electron chi connectivity index (χ2n) is 9.00. The van der Waals surface area contributed by atoms with Gasteiger partial charge >= 0.3 is 0 Å². The molecular weight excluding hydrogens is 393 g/mol. The number of guanidine groups is 1. The van der Waals surface area contributed by atoms with Gasteiger partial charge in [0.05, 0.1) is 25.8 Å². The van der Waals surface area contributed by atoms with Gasteiger partial charge in [-0.05, 0) is 43.9 Å². The fraction of sp³-hybridized carbons (Fsp3) is 0.708. The molecule has 0 bridgehead atoms. The zero-order valence-corrected chi connectivity index (χ0v) is 18.9. The highest BCUT2D eigenvalue weighted by Crippen LogP contribution is 2.27. The lowest BCUT2D eigenvalue weighted by Gasteiger charge is -2.34. The lowest BCUT2D eigenvalue weighted by Crippen LogP contribution is -2.46. The summed E-state index contributed by atoms with van der Waals surface area (Å²) in [7, 11) is 0. The first-order chi connectivity index (χ1) is 15.2. The topological polar surface area (TPSA) is 52.1 Å². The van der Waals surface area contributed by atoms with Crippen LogP contribution in [0.2, 0.25) is 0 Å². The summed E-state index contributed by atoms with van der Waals surface area (Å²) >= 11 is 0. The van der Waals surface area contributed by atoms with Gasteiger partial charge in [0.25, 0.3) is 0 Å². The van der Waals surface area contributed by atoms with Gasteiger partial charge < -0.3 is 15.4 Å². The maximum atomic E-state index is 13.9. The minimum Gasteiger partial charge on any atom is -0.379 e. The summed E-state index contributed by atoms with van der Waals surface area (Å²) in [4.78, 5) is 9.98. The van der Waals surface area contributed by atoms with E-state index in [2.05, 4.69) is 27.4 Å². The number of morpholine rings is 1. The molecule has 0 aromatic heterocycles. The number of hydrogen-bond acceptors (Lipinski definition) is 4. The van der Waals surface area contributed by atoms with Crippen molar-refractivity contribution >= 4 is 5.96 Å². The zero-order valence-electron chi connectivity index (χ0n) is 18.9. The summed E-state index contributed by atoms with van der Waals surface area (Å²) in [6.45, 7) is 8.93. The number of rotatable bonds is 7.